The molecule has 0 aliphatic carbocycles. The number of amides is 2. The number of para-hydroxylation sites is 1. The van der Waals surface area contributed by atoms with Crippen molar-refractivity contribution in [3.05, 3.63) is 89.0 Å². The van der Waals surface area contributed by atoms with Gasteiger partial charge in [0.25, 0.3) is 0 Å². The normalized spacial score (nSPS) is 10.6. The zero-order valence-corrected chi connectivity index (χ0v) is 18.9. The van der Waals surface area contributed by atoms with Crippen LogP contribution in [0.3, 0.4) is 0 Å². The van der Waals surface area contributed by atoms with E-state index in [2.05, 4.69) is 15.8 Å². The number of carbonyl (C=O) groups is 2. The topological polar surface area (TPSA) is 89.0 Å². The Morgan fingerprint density at radius 3 is 2.30 bits per heavy atom. The van der Waals surface area contributed by atoms with E-state index < -0.39 is 11.8 Å². The van der Waals surface area contributed by atoms with Crippen molar-refractivity contribution in [1.29, 1.82) is 0 Å². The highest BCUT2D eigenvalue weighted by molar-refractivity contribution is 6.39. The van der Waals surface area contributed by atoms with Gasteiger partial charge in [0.2, 0.25) is 0 Å². The zero-order chi connectivity index (χ0) is 23.6. The van der Waals surface area contributed by atoms with Gasteiger partial charge in [-0.3, -0.25) is 9.59 Å². The predicted octanol–water partition coefficient (Wildman–Crippen LogP) is 4.37. The Balaban J connectivity index is 1.61. The van der Waals surface area contributed by atoms with E-state index >= 15 is 0 Å². The largest absolute Gasteiger partial charge is 0.490 e. The molecule has 2 N–H and O–H groups in total. The molecule has 0 aliphatic rings. The van der Waals surface area contributed by atoms with Crippen molar-refractivity contribution in [2.45, 2.75) is 27.4 Å². The number of nitrogens with zero attached hydrogens (tertiary/aromatic N) is 1. The van der Waals surface area contributed by atoms with Crippen LogP contribution in [-0.2, 0) is 16.2 Å². The van der Waals surface area contributed by atoms with Crippen molar-refractivity contribution >= 4 is 23.7 Å². The maximum Gasteiger partial charge on any atom is 0.329 e. The first kappa shape index (κ1) is 23.5. The highest BCUT2D eigenvalue weighted by Gasteiger charge is 2.15. The Hall–Kier alpha value is -4.13. The summed E-state index contributed by atoms with van der Waals surface area (Å²) < 4.78 is 11.6. The molecule has 7 nitrogen and oxygen atoms in total. The van der Waals surface area contributed by atoms with Crippen LogP contribution in [-0.4, -0.2) is 24.6 Å². The summed E-state index contributed by atoms with van der Waals surface area (Å²) in [7, 11) is 0. The zero-order valence-electron chi connectivity index (χ0n) is 18.9. The standard InChI is InChI=1S/C26H27N3O4/c1-4-32-23-15-21(13-14-22(23)33-17-20-11-6-5-7-12-20)16-27-29-26(31)25(30)28-24-18(2)9-8-10-19(24)3/h5-16H,4,17H2,1-3H3,(H,28,30)(H,29,31)/b27-16-. The summed E-state index contributed by atoms with van der Waals surface area (Å²) in [5, 5.41) is 6.52. The van der Waals surface area contributed by atoms with Crippen LogP contribution in [0.15, 0.2) is 71.8 Å². The summed E-state index contributed by atoms with van der Waals surface area (Å²) >= 11 is 0. The number of hydrogen-bond acceptors (Lipinski definition) is 5. The van der Waals surface area contributed by atoms with Gasteiger partial charge in [-0.2, -0.15) is 5.10 Å². The number of nitrogens with one attached hydrogen (secondary N) is 2. The summed E-state index contributed by atoms with van der Waals surface area (Å²) in [6.45, 7) is 6.50. The van der Waals surface area contributed by atoms with Gasteiger partial charge in [-0.15, -0.1) is 0 Å². The highest BCUT2D eigenvalue weighted by atomic mass is 16.5. The SMILES string of the molecule is CCOc1cc(/C=N\NC(=O)C(=O)Nc2c(C)cccc2C)ccc1OCc1ccccc1. The van der Waals surface area contributed by atoms with Crippen LogP contribution in [0.1, 0.15) is 29.2 Å². The van der Waals surface area contributed by atoms with E-state index in [9.17, 15) is 9.59 Å². The molecule has 0 saturated heterocycles. The minimum atomic E-state index is -0.859. The van der Waals surface area contributed by atoms with Crippen molar-refractivity contribution in [3.8, 4) is 11.5 Å². The second kappa shape index (κ2) is 11.5. The van der Waals surface area contributed by atoms with Crippen molar-refractivity contribution in [2.24, 2.45) is 5.10 Å². The fourth-order valence-electron chi connectivity index (χ4n) is 3.13. The molecule has 170 valence electrons. The second-order valence-corrected chi connectivity index (χ2v) is 7.33. The molecule has 7 heteroatoms. The number of hydrogen-bond donors (Lipinski definition) is 2. The summed E-state index contributed by atoms with van der Waals surface area (Å²) in [6, 6.07) is 20.8. The summed E-state index contributed by atoms with van der Waals surface area (Å²) in [6.07, 6.45) is 1.44. The van der Waals surface area contributed by atoms with Crippen LogP contribution in [0.4, 0.5) is 5.69 Å². The molecule has 2 amide bonds. The third-order valence-corrected chi connectivity index (χ3v) is 4.81. The van der Waals surface area contributed by atoms with E-state index in [1.807, 2.05) is 69.3 Å². The lowest BCUT2D eigenvalue weighted by molar-refractivity contribution is -0.136. The molecule has 0 aromatic heterocycles. The van der Waals surface area contributed by atoms with Crippen LogP contribution >= 0.6 is 0 Å². The lowest BCUT2D eigenvalue weighted by Gasteiger charge is -2.12. The lowest BCUT2D eigenvalue weighted by atomic mass is 10.1. The Morgan fingerprint density at radius 2 is 1.61 bits per heavy atom. The lowest BCUT2D eigenvalue weighted by Crippen LogP contribution is -2.32. The third kappa shape index (κ3) is 6.67. The quantitative estimate of drug-likeness (QED) is 0.306. The fourth-order valence-corrected chi connectivity index (χ4v) is 3.13. The maximum atomic E-state index is 12.2. The first-order valence-corrected chi connectivity index (χ1v) is 10.6. The van der Waals surface area contributed by atoms with Gasteiger partial charge >= 0.3 is 11.8 Å². The number of rotatable bonds is 8. The van der Waals surface area contributed by atoms with Gasteiger partial charge in [0, 0.05) is 5.69 Å². The van der Waals surface area contributed by atoms with Crippen LogP contribution in [0.25, 0.3) is 0 Å². The van der Waals surface area contributed by atoms with E-state index in [0.717, 1.165) is 16.7 Å². The molecule has 3 aromatic carbocycles. The van der Waals surface area contributed by atoms with Gasteiger partial charge in [-0.05, 0) is 61.2 Å². The first-order chi connectivity index (χ1) is 16.0. The second-order valence-electron chi connectivity index (χ2n) is 7.33. The van der Waals surface area contributed by atoms with E-state index in [4.69, 9.17) is 9.47 Å². The van der Waals surface area contributed by atoms with Crippen molar-refractivity contribution in [1.82, 2.24) is 5.43 Å². The molecular weight excluding hydrogens is 418 g/mol. The molecule has 3 rings (SSSR count). The predicted molar refractivity (Wildman–Crippen MR) is 129 cm³/mol. The van der Waals surface area contributed by atoms with E-state index in [1.165, 1.54) is 6.21 Å². The van der Waals surface area contributed by atoms with Crippen LogP contribution < -0.4 is 20.2 Å². The smallest absolute Gasteiger partial charge is 0.329 e. The molecular formula is C26H27N3O4. The molecule has 0 aliphatic heterocycles. The summed E-state index contributed by atoms with van der Waals surface area (Å²) in [5.41, 5.74) is 6.34. The molecule has 33 heavy (non-hydrogen) atoms. The van der Waals surface area contributed by atoms with Gasteiger partial charge in [0.05, 0.1) is 12.8 Å². The average molecular weight is 446 g/mol. The Kier molecular flexibility index (Phi) is 8.18. The van der Waals surface area contributed by atoms with E-state index in [0.29, 0.717) is 36.0 Å². The van der Waals surface area contributed by atoms with Crippen LogP contribution in [0.2, 0.25) is 0 Å². The van der Waals surface area contributed by atoms with Crippen molar-refractivity contribution in [3.63, 3.8) is 0 Å². The fraction of sp³-hybridized carbons (Fsp3) is 0.192. The Bertz CT molecular complexity index is 1120. The van der Waals surface area contributed by atoms with E-state index in [1.54, 1.807) is 18.2 Å². The molecule has 0 spiro atoms. The number of carbonyl (C=O) groups excluding carboxylic acids is 2. The molecule has 0 unspecified atom stereocenters. The highest BCUT2D eigenvalue weighted by Crippen LogP contribution is 2.29. The van der Waals surface area contributed by atoms with Crippen LogP contribution in [0, 0.1) is 13.8 Å². The first-order valence-electron chi connectivity index (χ1n) is 10.6. The Morgan fingerprint density at radius 1 is 0.879 bits per heavy atom. The number of aryl methyl sites for hydroxylation is 2. The molecule has 0 saturated carbocycles. The van der Waals surface area contributed by atoms with Crippen molar-refractivity contribution < 1.29 is 19.1 Å². The number of ether oxygens (including phenoxy) is 2. The van der Waals surface area contributed by atoms with Gasteiger partial charge in [-0.1, -0.05) is 48.5 Å². The maximum absolute atomic E-state index is 12.2. The molecule has 0 fully saturated rings. The van der Waals surface area contributed by atoms with E-state index in [-0.39, 0.29) is 0 Å². The van der Waals surface area contributed by atoms with Crippen LogP contribution in [0.5, 0.6) is 11.5 Å². The number of benzene rings is 3. The molecule has 3 aromatic rings. The summed E-state index contributed by atoms with van der Waals surface area (Å²) in [5.74, 6) is -0.475. The van der Waals surface area contributed by atoms with Gasteiger partial charge < -0.3 is 14.8 Å². The minimum Gasteiger partial charge on any atom is -0.490 e. The molecule has 0 heterocycles. The van der Waals surface area contributed by atoms with Gasteiger partial charge in [-0.25, -0.2) is 5.43 Å². The minimum absolute atomic E-state index is 0.417. The van der Waals surface area contributed by atoms with Crippen molar-refractivity contribution in [2.75, 3.05) is 11.9 Å². The summed E-state index contributed by atoms with van der Waals surface area (Å²) in [4.78, 5) is 24.3. The van der Waals surface area contributed by atoms with Gasteiger partial charge in [0.1, 0.15) is 6.61 Å². The third-order valence-electron chi connectivity index (χ3n) is 4.81. The molecule has 0 radical (unpaired) electrons. The average Bonchev–Trinajstić information content (AvgIpc) is 2.81. The number of hydrazone groups is 1. The van der Waals surface area contributed by atoms with Gasteiger partial charge in [0.15, 0.2) is 11.5 Å². The molecule has 0 bridgehead atoms. The molecule has 0 atom stereocenters. The number of anilines is 1. The Labute approximate surface area is 193 Å². The monoisotopic (exact) mass is 445 g/mol.